The number of carbonyl (C=O) groups is 2. The lowest BCUT2D eigenvalue weighted by atomic mass is 10.2. The van der Waals surface area contributed by atoms with Gasteiger partial charge in [-0.3, -0.25) is 9.59 Å². The molecule has 1 heterocycles. The van der Waals surface area contributed by atoms with Crippen LogP contribution in [0.3, 0.4) is 0 Å². The van der Waals surface area contributed by atoms with E-state index in [0.29, 0.717) is 0 Å². The van der Waals surface area contributed by atoms with Gasteiger partial charge in [-0.1, -0.05) is 12.1 Å². The van der Waals surface area contributed by atoms with E-state index < -0.39 is 11.9 Å². The first-order valence-corrected chi connectivity index (χ1v) is 6.95. The summed E-state index contributed by atoms with van der Waals surface area (Å²) in [6.45, 7) is 6.61. The van der Waals surface area contributed by atoms with Crippen LogP contribution in [0.25, 0.3) is 0 Å². The maximum Gasteiger partial charge on any atom is 0.303 e. The maximum atomic E-state index is 9.64. The van der Waals surface area contributed by atoms with Gasteiger partial charge in [0, 0.05) is 31.9 Å². The third-order valence-corrected chi connectivity index (χ3v) is 3.04. The zero-order valence-corrected chi connectivity index (χ0v) is 12.2. The molecule has 21 heavy (non-hydrogen) atoms. The molecular formula is C15H22N2O4. The van der Waals surface area contributed by atoms with E-state index in [4.69, 9.17) is 10.2 Å². The summed E-state index contributed by atoms with van der Waals surface area (Å²) in [6, 6.07) is 8.72. The quantitative estimate of drug-likeness (QED) is 0.776. The van der Waals surface area contributed by atoms with Gasteiger partial charge in [0.2, 0.25) is 0 Å². The van der Waals surface area contributed by atoms with Crippen molar-refractivity contribution in [3.05, 3.63) is 29.8 Å². The molecule has 1 saturated heterocycles. The van der Waals surface area contributed by atoms with E-state index in [1.165, 1.54) is 11.3 Å². The summed E-state index contributed by atoms with van der Waals surface area (Å²) in [6.07, 6.45) is -0.593. The lowest BCUT2D eigenvalue weighted by Gasteiger charge is -2.29. The van der Waals surface area contributed by atoms with Gasteiger partial charge in [-0.15, -0.1) is 0 Å². The Morgan fingerprint density at radius 2 is 1.71 bits per heavy atom. The van der Waals surface area contributed by atoms with Crippen LogP contribution in [0, 0.1) is 6.92 Å². The number of nitrogens with one attached hydrogen (secondary N) is 1. The molecule has 2 rings (SSSR count). The second-order valence-corrected chi connectivity index (χ2v) is 4.86. The van der Waals surface area contributed by atoms with Gasteiger partial charge in [-0.25, -0.2) is 0 Å². The van der Waals surface area contributed by atoms with Crippen molar-refractivity contribution in [2.45, 2.75) is 19.8 Å². The summed E-state index contributed by atoms with van der Waals surface area (Å²) in [4.78, 5) is 21.7. The van der Waals surface area contributed by atoms with Crippen LogP contribution in [0.2, 0.25) is 0 Å². The number of piperazine rings is 1. The van der Waals surface area contributed by atoms with Crippen molar-refractivity contribution in [3.8, 4) is 0 Å². The minimum Gasteiger partial charge on any atom is -0.481 e. The third kappa shape index (κ3) is 7.31. The average molecular weight is 294 g/mol. The number of nitrogens with zero attached hydrogens (tertiary/aromatic N) is 1. The predicted octanol–water partition coefficient (Wildman–Crippen LogP) is 1.34. The Hall–Kier alpha value is -2.08. The van der Waals surface area contributed by atoms with Crippen LogP contribution in [0.5, 0.6) is 0 Å². The first kappa shape index (κ1) is 17.0. The fourth-order valence-corrected chi connectivity index (χ4v) is 1.96. The Kier molecular flexibility index (Phi) is 7.25. The summed E-state index contributed by atoms with van der Waals surface area (Å²) in [7, 11) is 0. The fraction of sp³-hybridized carbons (Fsp3) is 0.467. The summed E-state index contributed by atoms with van der Waals surface area (Å²) in [5.41, 5.74) is 2.71. The second-order valence-electron chi connectivity index (χ2n) is 4.86. The highest BCUT2D eigenvalue weighted by molar-refractivity contribution is 5.75. The smallest absolute Gasteiger partial charge is 0.303 e. The van der Waals surface area contributed by atoms with Gasteiger partial charge in [0.15, 0.2) is 0 Å². The minimum absolute atomic E-state index is 0.296. The van der Waals surface area contributed by atoms with Gasteiger partial charge >= 0.3 is 11.9 Å². The number of benzene rings is 1. The summed E-state index contributed by atoms with van der Waals surface area (Å²) in [5, 5.41) is 19.2. The predicted molar refractivity (Wildman–Crippen MR) is 80.8 cm³/mol. The molecule has 0 unspecified atom stereocenters. The molecule has 0 amide bonds. The van der Waals surface area contributed by atoms with Gasteiger partial charge in [0.05, 0.1) is 12.8 Å². The molecule has 116 valence electrons. The molecule has 0 atom stereocenters. The third-order valence-electron chi connectivity index (χ3n) is 3.04. The zero-order valence-electron chi connectivity index (χ0n) is 12.2. The van der Waals surface area contributed by atoms with E-state index in [1.54, 1.807) is 0 Å². The highest BCUT2D eigenvalue weighted by atomic mass is 16.4. The van der Waals surface area contributed by atoms with Crippen molar-refractivity contribution >= 4 is 17.6 Å². The van der Waals surface area contributed by atoms with E-state index in [1.807, 2.05) is 0 Å². The number of aryl methyl sites for hydroxylation is 1. The minimum atomic E-state index is -1.08. The molecule has 6 nitrogen and oxygen atoms in total. The van der Waals surface area contributed by atoms with Gasteiger partial charge in [-0.05, 0) is 24.6 Å². The van der Waals surface area contributed by atoms with Crippen LogP contribution in [0.4, 0.5) is 5.69 Å². The van der Waals surface area contributed by atoms with E-state index in [0.717, 1.165) is 26.2 Å². The summed E-state index contributed by atoms with van der Waals surface area (Å²) >= 11 is 0. The molecule has 0 radical (unpaired) electrons. The molecular weight excluding hydrogens is 272 g/mol. The largest absolute Gasteiger partial charge is 0.481 e. The van der Waals surface area contributed by atoms with Gasteiger partial charge in [0.25, 0.3) is 0 Å². The molecule has 1 aliphatic heterocycles. The van der Waals surface area contributed by atoms with Gasteiger partial charge in [0.1, 0.15) is 0 Å². The number of carboxylic acid groups (broad SMARTS) is 2. The van der Waals surface area contributed by atoms with Crippen LogP contribution in [0.1, 0.15) is 18.4 Å². The maximum absolute atomic E-state index is 9.64. The molecule has 1 aromatic rings. The number of hydrogen-bond acceptors (Lipinski definition) is 4. The van der Waals surface area contributed by atoms with Crippen molar-refractivity contribution in [1.82, 2.24) is 5.32 Å². The number of rotatable bonds is 4. The molecule has 0 aromatic heterocycles. The molecule has 6 heteroatoms. The molecule has 0 bridgehead atoms. The molecule has 0 aliphatic carbocycles. The lowest BCUT2D eigenvalue weighted by molar-refractivity contribution is -0.143. The molecule has 1 aromatic carbocycles. The Morgan fingerprint density at radius 1 is 1.14 bits per heavy atom. The first-order valence-electron chi connectivity index (χ1n) is 6.95. The molecule has 0 spiro atoms. The van der Waals surface area contributed by atoms with Crippen LogP contribution in [0.15, 0.2) is 24.3 Å². The van der Waals surface area contributed by atoms with Crippen molar-refractivity contribution < 1.29 is 19.8 Å². The highest BCUT2D eigenvalue weighted by Gasteiger charge is 2.09. The van der Waals surface area contributed by atoms with Crippen molar-refractivity contribution in [3.63, 3.8) is 0 Å². The molecule has 1 fully saturated rings. The normalized spacial score (nSPS) is 14.0. The van der Waals surface area contributed by atoms with Crippen LogP contribution >= 0.6 is 0 Å². The lowest BCUT2D eigenvalue weighted by Crippen LogP contribution is -2.43. The zero-order chi connectivity index (χ0) is 15.7. The number of anilines is 1. The van der Waals surface area contributed by atoms with E-state index in [-0.39, 0.29) is 12.8 Å². The van der Waals surface area contributed by atoms with Crippen LogP contribution < -0.4 is 10.2 Å². The molecule has 1 aliphatic rings. The Labute approximate surface area is 124 Å². The summed E-state index contributed by atoms with van der Waals surface area (Å²) < 4.78 is 0. The monoisotopic (exact) mass is 294 g/mol. The standard InChI is InChI=1S/C11H16N2.C4H6O4/c1-10-3-2-4-11(9-10)13-7-5-12-6-8-13;5-3(6)1-2-4(7)8/h2-4,9,12H,5-8H2,1H3;1-2H2,(H,5,6)(H,7,8). The van der Waals surface area contributed by atoms with E-state index in [9.17, 15) is 9.59 Å². The number of aliphatic carboxylic acids is 2. The van der Waals surface area contributed by atoms with Gasteiger partial charge < -0.3 is 20.4 Å². The van der Waals surface area contributed by atoms with Crippen molar-refractivity contribution in [2.24, 2.45) is 0 Å². The highest BCUT2D eigenvalue weighted by Crippen LogP contribution is 2.15. The molecule has 0 saturated carbocycles. The fourth-order valence-electron chi connectivity index (χ4n) is 1.96. The molecule has 3 N–H and O–H groups in total. The summed E-state index contributed by atoms with van der Waals surface area (Å²) in [5.74, 6) is -2.15. The van der Waals surface area contributed by atoms with Crippen LogP contribution in [-0.4, -0.2) is 48.3 Å². The number of carboxylic acids is 2. The van der Waals surface area contributed by atoms with Crippen LogP contribution in [-0.2, 0) is 9.59 Å². The first-order chi connectivity index (χ1) is 9.99. The average Bonchev–Trinajstić information content (AvgIpc) is 2.47. The van der Waals surface area contributed by atoms with Crippen molar-refractivity contribution in [1.29, 1.82) is 0 Å². The van der Waals surface area contributed by atoms with Crippen molar-refractivity contribution in [2.75, 3.05) is 31.1 Å². The van der Waals surface area contributed by atoms with E-state index >= 15 is 0 Å². The van der Waals surface area contributed by atoms with Gasteiger partial charge in [-0.2, -0.15) is 0 Å². The topological polar surface area (TPSA) is 89.9 Å². The number of hydrogen-bond donors (Lipinski definition) is 3. The second kappa shape index (κ2) is 8.97. The Balaban J connectivity index is 0.000000240. The SMILES string of the molecule is Cc1cccc(N2CCNCC2)c1.O=C(O)CCC(=O)O. The Morgan fingerprint density at radius 3 is 2.19 bits per heavy atom. The van der Waals surface area contributed by atoms with E-state index in [2.05, 4.69) is 41.4 Å². The Bertz CT molecular complexity index is 456.